The van der Waals surface area contributed by atoms with E-state index in [1.807, 2.05) is 37.3 Å². The van der Waals surface area contributed by atoms with E-state index in [2.05, 4.69) is 20.8 Å². The molecular weight excluding hydrogens is 382 g/mol. The third-order valence-electron chi connectivity index (χ3n) is 3.63. The van der Waals surface area contributed by atoms with Gasteiger partial charge < -0.3 is 5.32 Å². The smallest absolute Gasteiger partial charge is 0.270 e. The molecule has 0 aliphatic heterocycles. The molecular formula is C17H13N7O3S. The van der Waals surface area contributed by atoms with Crippen molar-refractivity contribution in [3.05, 3.63) is 63.7 Å². The lowest BCUT2D eigenvalue weighted by atomic mass is 10.1. The average Bonchev–Trinajstić information content (AvgIpc) is 3.15. The maximum Gasteiger partial charge on any atom is 0.270 e. The van der Waals surface area contributed by atoms with E-state index in [9.17, 15) is 14.9 Å². The number of nitrogens with one attached hydrogen (secondary N) is 1. The SMILES string of the molecule is Cc1cccc(-n2nnnc2SCC(=O)Nc2ccc([N+](=O)[O-])cc2C#N)c1. The molecule has 11 heteroatoms. The summed E-state index contributed by atoms with van der Waals surface area (Å²) in [5.41, 5.74) is 1.81. The van der Waals surface area contributed by atoms with Crippen molar-refractivity contribution in [1.29, 1.82) is 5.26 Å². The molecule has 1 amide bonds. The fourth-order valence-electron chi connectivity index (χ4n) is 2.35. The summed E-state index contributed by atoms with van der Waals surface area (Å²) in [5.74, 6) is -0.400. The number of anilines is 1. The number of nitro benzene ring substituents is 1. The number of hydrogen-bond acceptors (Lipinski definition) is 8. The molecule has 1 aromatic heterocycles. The van der Waals surface area contributed by atoms with E-state index < -0.39 is 10.8 Å². The molecule has 0 bridgehead atoms. The summed E-state index contributed by atoms with van der Waals surface area (Å²) in [7, 11) is 0. The molecule has 0 spiro atoms. The van der Waals surface area contributed by atoms with Gasteiger partial charge in [0.1, 0.15) is 6.07 Å². The highest BCUT2D eigenvalue weighted by molar-refractivity contribution is 7.99. The number of amides is 1. The minimum absolute atomic E-state index is 0.00591. The van der Waals surface area contributed by atoms with E-state index in [0.29, 0.717) is 5.16 Å². The fourth-order valence-corrected chi connectivity index (χ4v) is 3.05. The molecule has 1 N–H and O–H groups in total. The van der Waals surface area contributed by atoms with E-state index in [0.717, 1.165) is 29.1 Å². The van der Waals surface area contributed by atoms with Crippen molar-refractivity contribution in [2.24, 2.45) is 0 Å². The number of hydrogen-bond donors (Lipinski definition) is 1. The maximum absolute atomic E-state index is 12.2. The van der Waals surface area contributed by atoms with Crippen molar-refractivity contribution in [1.82, 2.24) is 20.2 Å². The third-order valence-corrected chi connectivity index (χ3v) is 4.55. The van der Waals surface area contributed by atoms with Crippen LogP contribution in [0.3, 0.4) is 0 Å². The Labute approximate surface area is 163 Å². The average molecular weight is 395 g/mol. The first-order valence-electron chi connectivity index (χ1n) is 7.94. The number of tetrazole rings is 1. The molecule has 0 saturated carbocycles. The summed E-state index contributed by atoms with van der Waals surface area (Å²) < 4.78 is 1.53. The van der Waals surface area contributed by atoms with Crippen LogP contribution < -0.4 is 5.32 Å². The number of thioether (sulfide) groups is 1. The molecule has 0 unspecified atom stereocenters. The standard InChI is InChI=1S/C17H13N7O3S/c1-11-3-2-4-13(7-11)23-17(20-21-22-23)28-10-16(25)19-15-6-5-14(24(26)27)8-12(15)9-18/h2-8H,10H2,1H3,(H,19,25). The maximum atomic E-state index is 12.2. The number of non-ortho nitro benzene ring substituents is 1. The van der Waals surface area contributed by atoms with Crippen LogP contribution >= 0.6 is 11.8 Å². The number of benzene rings is 2. The van der Waals surface area contributed by atoms with Gasteiger partial charge in [0.05, 0.1) is 27.6 Å². The number of aromatic nitrogens is 4. The minimum Gasteiger partial charge on any atom is -0.324 e. The van der Waals surface area contributed by atoms with Gasteiger partial charge in [-0.1, -0.05) is 23.9 Å². The van der Waals surface area contributed by atoms with Gasteiger partial charge in [0.15, 0.2) is 0 Å². The van der Waals surface area contributed by atoms with Crippen LogP contribution in [0, 0.1) is 28.4 Å². The molecule has 0 fully saturated rings. The molecule has 0 aliphatic rings. The predicted molar refractivity (Wildman–Crippen MR) is 101 cm³/mol. The van der Waals surface area contributed by atoms with Crippen molar-refractivity contribution in [2.45, 2.75) is 12.1 Å². The van der Waals surface area contributed by atoms with Crippen LogP contribution in [0.15, 0.2) is 47.6 Å². The lowest BCUT2D eigenvalue weighted by Gasteiger charge is -2.07. The van der Waals surface area contributed by atoms with Crippen LogP contribution in [0.1, 0.15) is 11.1 Å². The van der Waals surface area contributed by atoms with Crippen LogP contribution in [-0.4, -0.2) is 36.8 Å². The van der Waals surface area contributed by atoms with E-state index >= 15 is 0 Å². The third kappa shape index (κ3) is 4.30. The number of nitrogens with zero attached hydrogens (tertiary/aromatic N) is 6. The van der Waals surface area contributed by atoms with Crippen LogP contribution in [0.25, 0.3) is 5.69 Å². The monoisotopic (exact) mass is 395 g/mol. The van der Waals surface area contributed by atoms with Crippen molar-refractivity contribution in [3.63, 3.8) is 0 Å². The molecule has 10 nitrogen and oxygen atoms in total. The quantitative estimate of drug-likeness (QED) is 0.381. The zero-order valence-electron chi connectivity index (χ0n) is 14.6. The first-order valence-corrected chi connectivity index (χ1v) is 8.93. The summed E-state index contributed by atoms with van der Waals surface area (Å²) >= 11 is 1.13. The van der Waals surface area contributed by atoms with Crippen LogP contribution in [0.2, 0.25) is 0 Å². The Bertz CT molecular complexity index is 1090. The van der Waals surface area contributed by atoms with Crippen molar-refractivity contribution in [2.75, 3.05) is 11.1 Å². The summed E-state index contributed by atoms with van der Waals surface area (Å²) in [6.07, 6.45) is 0. The van der Waals surface area contributed by atoms with Crippen molar-refractivity contribution < 1.29 is 9.72 Å². The Kier molecular flexibility index (Phi) is 5.61. The molecule has 0 aliphatic carbocycles. The second-order valence-corrected chi connectivity index (χ2v) is 6.59. The first-order chi connectivity index (χ1) is 13.5. The van der Waals surface area contributed by atoms with Crippen molar-refractivity contribution >= 4 is 29.0 Å². The summed E-state index contributed by atoms with van der Waals surface area (Å²) in [5, 5.41) is 34.5. The van der Waals surface area contributed by atoms with Gasteiger partial charge in [-0.05, 0) is 41.1 Å². The first kappa shape index (κ1) is 19.0. The lowest BCUT2D eigenvalue weighted by molar-refractivity contribution is -0.384. The van der Waals surface area contributed by atoms with Gasteiger partial charge in [-0.25, -0.2) is 0 Å². The lowest BCUT2D eigenvalue weighted by Crippen LogP contribution is -2.15. The number of carbonyl (C=O) groups excluding carboxylic acids is 1. The van der Waals surface area contributed by atoms with Gasteiger partial charge in [-0.2, -0.15) is 9.94 Å². The van der Waals surface area contributed by atoms with E-state index in [1.165, 1.54) is 16.8 Å². The number of carbonyl (C=O) groups is 1. The highest BCUT2D eigenvalue weighted by Crippen LogP contribution is 2.23. The second-order valence-electron chi connectivity index (χ2n) is 5.65. The number of nitriles is 1. The number of rotatable bonds is 6. The molecule has 3 aromatic rings. The molecule has 3 rings (SSSR count). The second kappa shape index (κ2) is 8.28. The predicted octanol–water partition coefficient (Wildman–Crippen LogP) is 2.48. The Morgan fingerprint density at radius 3 is 2.89 bits per heavy atom. The highest BCUT2D eigenvalue weighted by Gasteiger charge is 2.15. The van der Waals surface area contributed by atoms with Crippen LogP contribution in [0.5, 0.6) is 0 Å². The Morgan fingerprint density at radius 1 is 1.36 bits per heavy atom. The van der Waals surface area contributed by atoms with Crippen LogP contribution in [0.4, 0.5) is 11.4 Å². The molecule has 0 radical (unpaired) electrons. The summed E-state index contributed by atoms with van der Waals surface area (Å²) in [4.78, 5) is 22.4. The fraction of sp³-hybridized carbons (Fsp3) is 0.118. The van der Waals surface area contributed by atoms with Gasteiger partial charge in [0, 0.05) is 12.1 Å². The normalized spacial score (nSPS) is 10.3. The molecule has 1 heterocycles. The molecule has 0 atom stereocenters. The Balaban J connectivity index is 1.69. The molecule has 140 valence electrons. The molecule has 2 aromatic carbocycles. The zero-order valence-corrected chi connectivity index (χ0v) is 15.4. The largest absolute Gasteiger partial charge is 0.324 e. The van der Waals surface area contributed by atoms with Gasteiger partial charge in [0.25, 0.3) is 5.69 Å². The number of aryl methyl sites for hydroxylation is 1. The Hall–Kier alpha value is -3.78. The van der Waals surface area contributed by atoms with Gasteiger partial charge in [-0.3, -0.25) is 14.9 Å². The molecule has 0 saturated heterocycles. The van der Waals surface area contributed by atoms with Crippen molar-refractivity contribution in [3.8, 4) is 11.8 Å². The van der Waals surface area contributed by atoms with Crippen LogP contribution in [-0.2, 0) is 4.79 Å². The van der Waals surface area contributed by atoms with Gasteiger partial charge >= 0.3 is 0 Å². The van der Waals surface area contributed by atoms with Gasteiger partial charge in [0.2, 0.25) is 11.1 Å². The summed E-state index contributed by atoms with van der Waals surface area (Å²) in [6, 6.07) is 13.1. The Morgan fingerprint density at radius 2 is 2.18 bits per heavy atom. The number of nitro groups is 1. The van der Waals surface area contributed by atoms with Gasteiger partial charge in [-0.15, -0.1) is 5.10 Å². The zero-order chi connectivity index (χ0) is 20.1. The van der Waals surface area contributed by atoms with E-state index in [-0.39, 0.29) is 22.7 Å². The molecule has 28 heavy (non-hydrogen) atoms. The van der Waals surface area contributed by atoms with E-state index in [1.54, 1.807) is 0 Å². The van der Waals surface area contributed by atoms with E-state index in [4.69, 9.17) is 5.26 Å². The minimum atomic E-state index is -0.604. The topological polar surface area (TPSA) is 140 Å². The highest BCUT2D eigenvalue weighted by atomic mass is 32.2. The summed E-state index contributed by atoms with van der Waals surface area (Å²) in [6.45, 7) is 1.95.